The number of anilines is 2. The van der Waals surface area contributed by atoms with Gasteiger partial charge in [-0.05, 0) is 45.2 Å². The summed E-state index contributed by atoms with van der Waals surface area (Å²) < 4.78 is 5.74. The standard InChI is InChI=1S/C21H24N4O2/c1-13-7-4-5-9-17(13)24-20(26)16-8-6-10-25(11-16)19-18-14(2)15(3)27-21(18)23-12-22-19/h4-5,7,9,12,16H,6,8,10-11H2,1-3H3,(H,24,26)/t16-/m0/s1. The molecule has 1 amide bonds. The van der Waals surface area contributed by atoms with Gasteiger partial charge in [0.2, 0.25) is 11.6 Å². The molecule has 6 nitrogen and oxygen atoms in total. The largest absolute Gasteiger partial charge is 0.443 e. The predicted octanol–water partition coefficient (Wildman–Crippen LogP) is 4.00. The number of aromatic nitrogens is 2. The molecule has 1 fully saturated rings. The van der Waals surface area contributed by atoms with Crippen molar-refractivity contribution in [3.63, 3.8) is 0 Å². The molecule has 140 valence electrons. The van der Waals surface area contributed by atoms with E-state index in [4.69, 9.17) is 4.42 Å². The fourth-order valence-electron chi connectivity index (χ4n) is 3.74. The molecule has 0 saturated carbocycles. The highest BCUT2D eigenvalue weighted by Gasteiger charge is 2.29. The van der Waals surface area contributed by atoms with Crippen LogP contribution in [0.4, 0.5) is 11.5 Å². The Labute approximate surface area is 158 Å². The Morgan fingerprint density at radius 1 is 1.22 bits per heavy atom. The van der Waals surface area contributed by atoms with Crippen molar-refractivity contribution in [3.8, 4) is 0 Å². The Balaban J connectivity index is 1.57. The van der Waals surface area contributed by atoms with E-state index in [2.05, 4.69) is 20.2 Å². The zero-order valence-electron chi connectivity index (χ0n) is 16.0. The molecule has 3 heterocycles. The molecule has 1 aliphatic rings. The molecule has 6 heteroatoms. The maximum absolute atomic E-state index is 12.8. The Bertz CT molecular complexity index is 995. The number of carbonyl (C=O) groups excluding carboxylic acids is 1. The van der Waals surface area contributed by atoms with Crippen molar-refractivity contribution in [2.75, 3.05) is 23.3 Å². The molecular weight excluding hydrogens is 340 g/mol. The maximum atomic E-state index is 12.8. The summed E-state index contributed by atoms with van der Waals surface area (Å²) in [5.41, 5.74) is 3.62. The summed E-state index contributed by atoms with van der Waals surface area (Å²) in [6.07, 6.45) is 3.37. The first kappa shape index (κ1) is 17.5. The monoisotopic (exact) mass is 364 g/mol. The molecule has 2 aromatic heterocycles. The van der Waals surface area contributed by atoms with Crippen molar-refractivity contribution in [1.82, 2.24) is 9.97 Å². The number of carbonyl (C=O) groups is 1. The molecule has 27 heavy (non-hydrogen) atoms. The van der Waals surface area contributed by atoms with Gasteiger partial charge in [-0.15, -0.1) is 0 Å². The van der Waals surface area contributed by atoms with E-state index < -0.39 is 0 Å². The zero-order chi connectivity index (χ0) is 19.0. The summed E-state index contributed by atoms with van der Waals surface area (Å²) in [7, 11) is 0. The maximum Gasteiger partial charge on any atom is 0.231 e. The van der Waals surface area contributed by atoms with E-state index in [0.717, 1.165) is 53.2 Å². The lowest BCUT2D eigenvalue weighted by molar-refractivity contribution is -0.120. The van der Waals surface area contributed by atoms with E-state index in [9.17, 15) is 4.79 Å². The van der Waals surface area contributed by atoms with Crippen LogP contribution in [0.25, 0.3) is 11.1 Å². The third-order valence-electron chi connectivity index (χ3n) is 5.44. The highest BCUT2D eigenvalue weighted by Crippen LogP contribution is 2.32. The van der Waals surface area contributed by atoms with Crippen molar-refractivity contribution >= 4 is 28.5 Å². The molecule has 1 N–H and O–H groups in total. The van der Waals surface area contributed by atoms with E-state index in [1.54, 1.807) is 0 Å². The smallest absolute Gasteiger partial charge is 0.231 e. The van der Waals surface area contributed by atoms with Crippen LogP contribution in [0, 0.1) is 26.7 Å². The predicted molar refractivity (Wildman–Crippen MR) is 106 cm³/mol. The Morgan fingerprint density at radius 3 is 2.85 bits per heavy atom. The fourth-order valence-corrected chi connectivity index (χ4v) is 3.74. The second-order valence-corrected chi connectivity index (χ2v) is 7.25. The first-order valence-corrected chi connectivity index (χ1v) is 9.36. The number of nitrogens with one attached hydrogen (secondary N) is 1. The molecule has 1 aliphatic heterocycles. The van der Waals surface area contributed by atoms with E-state index >= 15 is 0 Å². The van der Waals surface area contributed by atoms with Crippen molar-refractivity contribution < 1.29 is 9.21 Å². The molecule has 0 bridgehead atoms. The van der Waals surface area contributed by atoms with Gasteiger partial charge >= 0.3 is 0 Å². The van der Waals surface area contributed by atoms with E-state index in [1.807, 2.05) is 45.0 Å². The fraction of sp³-hybridized carbons (Fsp3) is 0.381. The van der Waals surface area contributed by atoms with Crippen LogP contribution in [0.5, 0.6) is 0 Å². The molecule has 0 radical (unpaired) electrons. The van der Waals surface area contributed by atoms with Gasteiger partial charge < -0.3 is 14.6 Å². The minimum absolute atomic E-state index is 0.0689. The van der Waals surface area contributed by atoms with Crippen molar-refractivity contribution in [2.45, 2.75) is 33.6 Å². The van der Waals surface area contributed by atoms with E-state index in [-0.39, 0.29) is 11.8 Å². The van der Waals surface area contributed by atoms with Crippen LogP contribution in [-0.4, -0.2) is 29.0 Å². The lowest BCUT2D eigenvalue weighted by Crippen LogP contribution is -2.41. The number of hydrogen-bond donors (Lipinski definition) is 1. The summed E-state index contributed by atoms with van der Waals surface area (Å²) in [5.74, 6) is 1.72. The molecule has 3 aromatic rings. The lowest BCUT2D eigenvalue weighted by atomic mass is 9.96. The van der Waals surface area contributed by atoms with Crippen LogP contribution in [0.1, 0.15) is 29.7 Å². The highest BCUT2D eigenvalue weighted by molar-refractivity contribution is 5.94. The van der Waals surface area contributed by atoms with Crippen LogP contribution in [0.15, 0.2) is 35.0 Å². The third-order valence-corrected chi connectivity index (χ3v) is 5.44. The van der Waals surface area contributed by atoms with Gasteiger partial charge in [0.1, 0.15) is 17.9 Å². The summed E-state index contributed by atoms with van der Waals surface area (Å²) in [6, 6.07) is 7.87. The molecular formula is C21H24N4O2. The van der Waals surface area contributed by atoms with Crippen LogP contribution in [0.2, 0.25) is 0 Å². The number of para-hydroxylation sites is 1. The first-order valence-electron chi connectivity index (χ1n) is 9.36. The zero-order valence-corrected chi connectivity index (χ0v) is 16.0. The number of benzene rings is 1. The number of furan rings is 1. The normalized spacial score (nSPS) is 17.3. The Hall–Kier alpha value is -2.89. The van der Waals surface area contributed by atoms with Crippen LogP contribution in [-0.2, 0) is 4.79 Å². The Morgan fingerprint density at radius 2 is 2.04 bits per heavy atom. The van der Waals surface area contributed by atoms with Crippen LogP contribution in [0.3, 0.4) is 0 Å². The average Bonchev–Trinajstić information content (AvgIpc) is 2.98. The minimum Gasteiger partial charge on any atom is -0.443 e. The molecule has 4 rings (SSSR count). The number of hydrogen-bond acceptors (Lipinski definition) is 5. The average molecular weight is 364 g/mol. The second-order valence-electron chi connectivity index (χ2n) is 7.25. The van der Waals surface area contributed by atoms with Gasteiger partial charge in [0.05, 0.1) is 11.3 Å². The van der Waals surface area contributed by atoms with Gasteiger partial charge in [0.25, 0.3) is 0 Å². The van der Waals surface area contributed by atoms with Gasteiger partial charge in [-0.25, -0.2) is 9.97 Å². The van der Waals surface area contributed by atoms with Crippen LogP contribution < -0.4 is 10.2 Å². The number of piperidine rings is 1. The summed E-state index contributed by atoms with van der Waals surface area (Å²) >= 11 is 0. The number of nitrogens with zero attached hydrogens (tertiary/aromatic N) is 3. The van der Waals surface area contributed by atoms with Gasteiger partial charge in [-0.1, -0.05) is 18.2 Å². The second kappa shape index (κ2) is 7.02. The first-order chi connectivity index (χ1) is 13.0. The number of fused-ring (bicyclic) bond motifs is 1. The number of rotatable bonds is 3. The SMILES string of the molecule is Cc1ccccc1NC(=O)[C@H]1CCCN(c2ncnc3oc(C)c(C)c23)C1. The number of amides is 1. The molecule has 0 spiro atoms. The molecule has 0 aliphatic carbocycles. The summed E-state index contributed by atoms with van der Waals surface area (Å²) in [4.78, 5) is 23.8. The van der Waals surface area contributed by atoms with Gasteiger partial charge in [0, 0.05) is 24.3 Å². The third kappa shape index (κ3) is 3.27. The van der Waals surface area contributed by atoms with E-state index in [0.29, 0.717) is 12.3 Å². The van der Waals surface area contributed by atoms with Gasteiger partial charge in [-0.2, -0.15) is 0 Å². The number of aryl methyl sites for hydroxylation is 3. The van der Waals surface area contributed by atoms with Crippen LogP contribution >= 0.6 is 0 Å². The molecule has 1 saturated heterocycles. The summed E-state index contributed by atoms with van der Waals surface area (Å²) in [5, 5.41) is 4.04. The highest BCUT2D eigenvalue weighted by atomic mass is 16.3. The van der Waals surface area contributed by atoms with E-state index in [1.165, 1.54) is 6.33 Å². The minimum atomic E-state index is -0.0725. The molecule has 1 atom stereocenters. The van der Waals surface area contributed by atoms with Crippen molar-refractivity contribution in [1.29, 1.82) is 0 Å². The van der Waals surface area contributed by atoms with Gasteiger partial charge in [0.15, 0.2) is 0 Å². The topological polar surface area (TPSA) is 71.3 Å². The Kier molecular flexibility index (Phi) is 4.56. The van der Waals surface area contributed by atoms with Crippen molar-refractivity contribution in [3.05, 3.63) is 47.5 Å². The quantitative estimate of drug-likeness (QED) is 0.760. The lowest BCUT2D eigenvalue weighted by Gasteiger charge is -2.33. The molecule has 1 aromatic carbocycles. The van der Waals surface area contributed by atoms with Gasteiger partial charge in [-0.3, -0.25) is 4.79 Å². The summed E-state index contributed by atoms with van der Waals surface area (Å²) in [6.45, 7) is 7.50. The van der Waals surface area contributed by atoms with Crippen molar-refractivity contribution in [2.24, 2.45) is 5.92 Å². The molecule has 0 unspecified atom stereocenters.